The van der Waals surface area contributed by atoms with Gasteiger partial charge in [0.05, 0.1) is 6.54 Å². The summed E-state index contributed by atoms with van der Waals surface area (Å²) in [6.45, 7) is 0.658. The van der Waals surface area contributed by atoms with Crippen LogP contribution in [0.25, 0.3) is 0 Å². The van der Waals surface area contributed by atoms with E-state index in [0.29, 0.717) is 12.6 Å². The van der Waals surface area contributed by atoms with Crippen molar-refractivity contribution in [1.82, 2.24) is 9.47 Å². The monoisotopic (exact) mass is 338 g/mol. The highest BCUT2D eigenvalue weighted by molar-refractivity contribution is 9.10. The van der Waals surface area contributed by atoms with E-state index in [1.165, 1.54) is 17.7 Å². The lowest BCUT2D eigenvalue weighted by atomic mass is 10.3. The first-order valence-corrected chi connectivity index (χ1v) is 7.97. The van der Waals surface area contributed by atoms with Crippen LogP contribution in [0.4, 0.5) is 0 Å². The summed E-state index contributed by atoms with van der Waals surface area (Å²) in [6.07, 6.45) is 4.40. The van der Waals surface area contributed by atoms with Gasteiger partial charge in [0.2, 0.25) is 0 Å². The summed E-state index contributed by atoms with van der Waals surface area (Å²) in [4.78, 5) is 15.4. The molecule has 0 spiro atoms. The van der Waals surface area contributed by atoms with Crippen LogP contribution in [-0.4, -0.2) is 22.4 Å². The smallest absolute Gasteiger partial charge is 0.270 e. The van der Waals surface area contributed by atoms with Gasteiger partial charge < -0.3 is 9.47 Å². The van der Waals surface area contributed by atoms with Crippen molar-refractivity contribution in [3.63, 3.8) is 0 Å². The van der Waals surface area contributed by atoms with Gasteiger partial charge in [-0.2, -0.15) is 0 Å². The van der Waals surface area contributed by atoms with Crippen molar-refractivity contribution in [2.45, 2.75) is 25.4 Å². The zero-order valence-electron chi connectivity index (χ0n) is 10.7. The maximum atomic E-state index is 12.5. The lowest BCUT2D eigenvalue weighted by Gasteiger charge is -2.17. The van der Waals surface area contributed by atoms with Crippen LogP contribution < -0.4 is 0 Å². The van der Waals surface area contributed by atoms with E-state index in [2.05, 4.69) is 26.6 Å². The summed E-state index contributed by atoms with van der Waals surface area (Å²) in [5.41, 5.74) is 0.806. The maximum absolute atomic E-state index is 12.5. The third-order valence-electron chi connectivity index (χ3n) is 3.30. The molecule has 0 radical (unpaired) electrons. The van der Waals surface area contributed by atoms with Crippen LogP contribution in [0.15, 0.2) is 34.2 Å². The van der Waals surface area contributed by atoms with Crippen molar-refractivity contribution in [3.8, 4) is 0 Å². The fourth-order valence-corrected chi connectivity index (χ4v) is 3.69. The number of hydrogen-bond donors (Lipinski definition) is 0. The van der Waals surface area contributed by atoms with E-state index in [-0.39, 0.29) is 5.91 Å². The minimum atomic E-state index is 0.0985. The summed E-state index contributed by atoms with van der Waals surface area (Å²) in [5, 5.41) is 2.04. The Morgan fingerprint density at radius 1 is 1.58 bits per heavy atom. The second-order valence-corrected chi connectivity index (χ2v) is 6.84. The predicted molar refractivity (Wildman–Crippen MR) is 80.5 cm³/mol. The molecule has 0 unspecified atom stereocenters. The Labute approximate surface area is 125 Å². The van der Waals surface area contributed by atoms with Gasteiger partial charge in [0.1, 0.15) is 5.69 Å². The van der Waals surface area contributed by atoms with Crippen LogP contribution in [0.5, 0.6) is 0 Å². The molecule has 0 aromatic carbocycles. The first-order chi connectivity index (χ1) is 9.15. The fourth-order valence-electron chi connectivity index (χ4n) is 2.18. The molecule has 2 heterocycles. The number of carbonyl (C=O) groups excluding carboxylic acids is 1. The third kappa shape index (κ3) is 2.77. The molecule has 2 aromatic rings. The molecule has 100 valence electrons. The lowest BCUT2D eigenvalue weighted by Crippen LogP contribution is -2.27. The molecule has 1 amide bonds. The normalized spacial score (nSPS) is 14.6. The van der Waals surface area contributed by atoms with Gasteiger partial charge in [0, 0.05) is 34.0 Å². The quantitative estimate of drug-likeness (QED) is 0.829. The standard InChI is InChI=1S/C14H15BrN2OS/c1-16(8-12-7-10(15)9-19-12)14(18)13-3-2-6-17(13)11-4-5-11/h2-3,6-7,9,11H,4-5,8H2,1H3. The Hall–Kier alpha value is -1.07. The molecular formula is C14H15BrN2OS. The average molecular weight is 339 g/mol. The van der Waals surface area contributed by atoms with Crippen LogP contribution in [-0.2, 0) is 6.54 Å². The molecule has 1 fully saturated rings. The van der Waals surface area contributed by atoms with E-state index < -0.39 is 0 Å². The number of halogens is 1. The van der Waals surface area contributed by atoms with Crippen LogP contribution in [0.2, 0.25) is 0 Å². The van der Waals surface area contributed by atoms with E-state index >= 15 is 0 Å². The molecule has 0 N–H and O–H groups in total. The molecule has 1 saturated carbocycles. The zero-order valence-corrected chi connectivity index (χ0v) is 13.1. The number of aromatic nitrogens is 1. The molecule has 3 rings (SSSR count). The van der Waals surface area contributed by atoms with Gasteiger partial charge in [-0.1, -0.05) is 0 Å². The van der Waals surface area contributed by atoms with Crippen molar-refractivity contribution in [2.75, 3.05) is 7.05 Å². The molecule has 0 aliphatic heterocycles. The highest BCUT2D eigenvalue weighted by Crippen LogP contribution is 2.36. The first-order valence-electron chi connectivity index (χ1n) is 6.30. The zero-order chi connectivity index (χ0) is 13.4. The number of amides is 1. The predicted octanol–water partition coefficient (Wildman–Crippen LogP) is 3.92. The Balaban J connectivity index is 1.73. The molecule has 0 bridgehead atoms. The molecule has 1 aliphatic carbocycles. The summed E-state index contributed by atoms with van der Waals surface area (Å²) in [7, 11) is 1.86. The van der Waals surface area contributed by atoms with Crippen molar-refractivity contribution in [2.24, 2.45) is 0 Å². The Bertz CT molecular complexity index is 600. The number of thiophene rings is 1. The largest absolute Gasteiger partial charge is 0.340 e. The summed E-state index contributed by atoms with van der Waals surface area (Å²) < 4.78 is 3.19. The van der Waals surface area contributed by atoms with Crippen molar-refractivity contribution in [3.05, 3.63) is 44.8 Å². The lowest BCUT2D eigenvalue weighted by molar-refractivity contribution is 0.0775. The number of carbonyl (C=O) groups is 1. The van der Waals surface area contributed by atoms with E-state index in [4.69, 9.17) is 0 Å². The molecule has 0 atom stereocenters. The van der Waals surface area contributed by atoms with Gasteiger partial charge >= 0.3 is 0 Å². The number of nitrogens with zero attached hydrogens (tertiary/aromatic N) is 2. The Kier molecular flexibility index (Phi) is 3.50. The molecule has 1 aliphatic rings. The first kappa shape index (κ1) is 12.9. The molecule has 5 heteroatoms. The minimum absolute atomic E-state index is 0.0985. The maximum Gasteiger partial charge on any atom is 0.270 e. The fraction of sp³-hybridized carbons (Fsp3) is 0.357. The Morgan fingerprint density at radius 3 is 3.00 bits per heavy atom. The van der Waals surface area contributed by atoms with E-state index in [9.17, 15) is 4.79 Å². The molecule has 19 heavy (non-hydrogen) atoms. The summed E-state index contributed by atoms with van der Waals surface area (Å²) in [6, 6.07) is 6.48. The molecule has 0 saturated heterocycles. The minimum Gasteiger partial charge on any atom is -0.340 e. The Morgan fingerprint density at radius 2 is 2.37 bits per heavy atom. The van der Waals surface area contributed by atoms with Gasteiger partial charge in [-0.15, -0.1) is 11.3 Å². The van der Waals surface area contributed by atoms with Crippen LogP contribution in [0.3, 0.4) is 0 Å². The van der Waals surface area contributed by atoms with Crippen molar-refractivity contribution < 1.29 is 4.79 Å². The number of rotatable bonds is 4. The van der Waals surface area contributed by atoms with Crippen LogP contribution in [0.1, 0.15) is 34.2 Å². The summed E-state index contributed by atoms with van der Waals surface area (Å²) in [5.74, 6) is 0.0985. The third-order valence-corrected chi connectivity index (χ3v) is 4.98. The van der Waals surface area contributed by atoms with Gasteiger partial charge in [-0.3, -0.25) is 4.79 Å². The van der Waals surface area contributed by atoms with Gasteiger partial charge in [0.25, 0.3) is 5.91 Å². The average Bonchev–Trinajstić information content (AvgIpc) is 2.97. The van der Waals surface area contributed by atoms with E-state index in [1.54, 1.807) is 16.2 Å². The van der Waals surface area contributed by atoms with Crippen molar-refractivity contribution >= 4 is 33.2 Å². The van der Waals surface area contributed by atoms with Gasteiger partial charge in [-0.25, -0.2) is 0 Å². The summed E-state index contributed by atoms with van der Waals surface area (Å²) >= 11 is 5.11. The van der Waals surface area contributed by atoms with Crippen molar-refractivity contribution in [1.29, 1.82) is 0 Å². The highest BCUT2D eigenvalue weighted by atomic mass is 79.9. The van der Waals surface area contributed by atoms with Gasteiger partial charge in [-0.05, 0) is 47.0 Å². The second-order valence-electron chi connectivity index (χ2n) is 4.92. The van der Waals surface area contributed by atoms with E-state index in [0.717, 1.165) is 10.2 Å². The topological polar surface area (TPSA) is 25.2 Å². The number of hydrogen-bond acceptors (Lipinski definition) is 2. The van der Waals surface area contributed by atoms with E-state index in [1.807, 2.05) is 30.8 Å². The van der Waals surface area contributed by atoms with Gasteiger partial charge in [0.15, 0.2) is 0 Å². The molecule has 2 aromatic heterocycles. The SMILES string of the molecule is CN(Cc1cc(Br)cs1)C(=O)c1cccn1C1CC1. The van der Waals surface area contributed by atoms with Crippen LogP contribution >= 0.6 is 27.3 Å². The highest BCUT2D eigenvalue weighted by Gasteiger charge is 2.27. The molecular weight excluding hydrogens is 324 g/mol. The second kappa shape index (κ2) is 5.13. The van der Waals surface area contributed by atoms with Crippen LogP contribution in [0, 0.1) is 0 Å². The molecule has 3 nitrogen and oxygen atoms in total.